The smallest absolute Gasteiger partial charge is 0.280 e. The molecule has 0 bridgehead atoms. The van der Waals surface area contributed by atoms with E-state index in [1.807, 2.05) is 73.2 Å². The molecule has 3 heterocycles. The number of aromatic nitrogens is 3. The fourth-order valence-corrected chi connectivity index (χ4v) is 3.34. The summed E-state index contributed by atoms with van der Waals surface area (Å²) >= 11 is 16.5. The molecule has 0 amide bonds. The zero-order valence-electron chi connectivity index (χ0n) is 11.7. The fourth-order valence-electron chi connectivity index (χ4n) is 2.58. The van der Waals surface area contributed by atoms with Crippen molar-refractivity contribution < 1.29 is 0 Å². The molecule has 3 aromatic rings. The standard InChI is InChI=1S/C15H13BN3S3/c20-13-7-1-4-10-17(13)16(18-11-5-2-8-14(18)21)19-12-6-3-9-15(19)22/h1-12,16H/q-1. The minimum Gasteiger partial charge on any atom is -0.479 e. The first-order valence-corrected chi connectivity index (χ1v) is 8.10. The second kappa shape index (κ2) is 6.52. The molecular formula is C15H13BN3S3-. The van der Waals surface area contributed by atoms with Gasteiger partial charge in [0.25, 0.3) is 7.12 Å². The summed E-state index contributed by atoms with van der Waals surface area (Å²) in [7, 11) is -1.30. The highest BCUT2D eigenvalue weighted by atomic mass is 32.1. The van der Waals surface area contributed by atoms with E-state index >= 15 is 0 Å². The van der Waals surface area contributed by atoms with Gasteiger partial charge >= 0.3 is 0 Å². The number of rotatable bonds is 3. The van der Waals surface area contributed by atoms with E-state index in [-0.39, 0.29) is 0 Å². The molecule has 0 aromatic carbocycles. The molecule has 0 saturated carbocycles. The molecule has 3 nitrogen and oxygen atoms in total. The fraction of sp³-hybridized carbons (Fsp3) is 0. The monoisotopic (exact) mass is 342 g/mol. The highest BCUT2D eigenvalue weighted by Crippen LogP contribution is 2.06. The minimum absolute atomic E-state index is 0.749. The van der Waals surface area contributed by atoms with Crippen molar-refractivity contribution in [3.05, 3.63) is 87.1 Å². The highest BCUT2D eigenvalue weighted by Gasteiger charge is 2.09. The first-order chi connectivity index (χ1) is 10.7. The Balaban J connectivity index is 2.34. The zero-order chi connectivity index (χ0) is 15.5. The van der Waals surface area contributed by atoms with Crippen LogP contribution in [0.5, 0.6) is 0 Å². The third-order valence-electron chi connectivity index (χ3n) is 3.61. The van der Waals surface area contributed by atoms with Crippen molar-refractivity contribution in [3.8, 4) is 0 Å². The summed E-state index contributed by atoms with van der Waals surface area (Å²) < 4.78 is 8.42. The van der Waals surface area contributed by atoms with Gasteiger partial charge in [0.05, 0.1) is 13.9 Å². The number of hydrogen-bond acceptors (Lipinski definition) is 3. The van der Waals surface area contributed by atoms with E-state index in [0.29, 0.717) is 0 Å². The Morgan fingerprint density at radius 2 is 0.864 bits per heavy atom. The van der Waals surface area contributed by atoms with E-state index < -0.39 is 7.12 Å². The molecule has 0 radical (unpaired) electrons. The normalized spacial score (nSPS) is 10.8. The lowest BCUT2D eigenvalue weighted by atomic mass is 9.90. The largest absolute Gasteiger partial charge is 0.479 e. The molecule has 0 aliphatic heterocycles. The van der Waals surface area contributed by atoms with Crippen LogP contribution in [-0.4, -0.2) is 20.6 Å². The van der Waals surface area contributed by atoms with Crippen LogP contribution in [0.4, 0.5) is 0 Å². The molecule has 0 atom stereocenters. The van der Waals surface area contributed by atoms with E-state index in [2.05, 4.69) is 13.4 Å². The van der Waals surface area contributed by atoms with Crippen LogP contribution < -0.4 is 0 Å². The lowest BCUT2D eigenvalue weighted by molar-refractivity contribution is 0.914. The summed E-state index contributed by atoms with van der Waals surface area (Å²) in [5.74, 6) is 0. The van der Waals surface area contributed by atoms with E-state index in [4.69, 9.17) is 36.7 Å². The summed E-state index contributed by atoms with van der Waals surface area (Å²) in [6.07, 6.45) is 5.93. The Kier molecular flexibility index (Phi) is 4.47. The molecule has 7 heteroatoms. The first-order valence-electron chi connectivity index (χ1n) is 6.87. The van der Waals surface area contributed by atoms with Crippen LogP contribution in [0.3, 0.4) is 0 Å². The van der Waals surface area contributed by atoms with Crippen molar-refractivity contribution in [3.63, 3.8) is 0 Å². The van der Waals surface area contributed by atoms with Gasteiger partial charge in [-0.15, -0.1) is 0 Å². The Hall–Kier alpha value is -1.83. The van der Waals surface area contributed by atoms with Crippen LogP contribution in [0, 0.1) is 13.9 Å². The van der Waals surface area contributed by atoms with Crippen LogP contribution in [0.25, 0.3) is 0 Å². The quantitative estimate of drug-likeness (QED) is 0.529. The van der Waals surface area contributed by atoms with Gasteiger partial charge in [0.1, 0.15) is 0 Å². The molecule has 110 valence electrons. The van der Waals surface area contributed by atoms with Gasteiger partial charge < -0.3 is 13.4 Å². The third-order valence-corrected chi connectivity index (χ3v) is 4.72. The summed E-state index contributed by atoms with van der Waals surface area (Å²) in [6, 6.07) is 17.4. The van der Waals surface area contributed by atoms with E-state index in [9.17, 15) is 0 Å². The molecule has 3 rings (SSSR count). The van der Waals surface area contributed by atoms with Crippen LogP contribution in [0.1, 0.15) is 0 Å². The average Bonchev–Trinajstić information content (AvgIpc) is 2.53. The van der Waals surface area contributed by atoms with E-state index in [1.54, 1.807) is 0 Å². The van der Waals surface area contributed by atoms with Crippen LogP contribution in [-0.2, 0) is 0 Å². The molecule has 3 aromatic heterocycles. The SMILES string of the molecule is S=c1ccccn1[BH-](n1ccccc1=S)n1ccccc1=S. The van der Waals surface area contributed by atoms with Crippen LogP contribution in [0.2, 0.25) is 0 Å². The summed E-state index contributed by atoms with van der Waals surface area (Å²) in [5, 5.41) is 0. The van der Waals surface area contributed by atoms with Gasteiger partial charge in [-0.1, -0.05) is 54.9 Å². The van der Waals surface area contributed by atoms with Crippen molar-refractivity contribution in [2.24, 2.45) is 0 Å². The Labute approximate surface area is 144 Å². The van der Waals surface area contributed by atoms with Crippen LogP contribution >= 0.6 is 36.7 Å². The Bertz CT molecular complexity index is 847. The average molecular weight is 342 g/mol. The predicted octanol–water partition coefficient (Wildman–Crippen LogP) is 3.94. The van der Waals surface area contributed by atoms with Crippen molar-refractivity contribution in [2.45, 2.75) is 0 Å². The first kappa shape index (κ1) is 15.1. The van der Waals surface area contributed by atoms with Gasteiger partial charge in [-0.05, 0) is 55.0 Å². The molecule has 0 unspecified atom stereocenters. The summed E-state index contributed by atoms with van der Waals surface area (Å²) in [6.45, 7) is 0. The second-order valence-corrected chi connectivity index (χ2v) is 6.21. The van der Waals surface area contributed by atoms with Gasteiger partial charge in [-0.3, -0.25) is 0 Å². The molecular weight excluding hydrogens is 329 g/mol. The van der Waals surface area contributed by atoms with Gasteiger partial charge in [0, 0.05) is 0 Å². The molecule has 22 heavy (non-hydrogen) atoms. The maximum absolute atomic E-state index is 5.50. The topological polar surface area (TPSA) is 14.8 Å². The minimum atomic E-state index is -1.30. The predicted molar refractivity (Wildman–Crippen MR) is 99.1 cm³/mol. The molecule has 0 saturated heterocycles. The highest BCUT2D eigenvalue weighted by molar-refractivity contribution is 7.72. The third kappa shape index (κ3) is 2.88. The summed E-state index contributed by atoms with van der Waals surface area (Å²) in [5.41, 5.74) is 0. The van der Waals surface area contributed by atoms with Crippen molar-refractivity contribution in [1.82, 2.24) is 13.4 Å². The lowest BCUT2D eigenvalue weighted by Crippen LogP contribution is -2.42. The maximum atomic E-state index is 5.50. The van der Waals surface area contributed by atoms with Gasteiger partial charge in [0.15, 0.2) is 0 Å². The maximum Gasteiger partial charge on any atom is 0.280 e. The Morgan fingerprint density at radius 3 is 1.14 bits per heavy atom. The van der Waals surface area contributed by atoms with Crippen LogP contribution in [0.15, 0.2) is 73.2 Å². The number of pyridine rings is 3. The molecule has 0 N–H and O–H groups in total. The molecule has 0 spiro atoms. The lowest BCUT2D eigenvalue weighted by Gasteiger charge is -2.34. The summed E-state index contributed by atoms with van der Waals surface area (Å²) in [4.78, 5) is 0. The van der Waals surface area contributed by atoms with Crippen molar-refractivity contribution in [1.29, 1.82) is 0 Å². The molecule has 0 aliphatic rings. The van der Waals surface area contributed by atoms with E-state index in [0.717, 1.165) is 13.9 Å². The zero-order valence-corrected chi connectivity index (χ0v) is 14.2. The van der Waals surface area contributed by atoms with Gasteiger partial charge in [-0.25, -0.2) is 0 Å². The number of hydrogen-bond donors (Lipinski definition) is 0. The van der Waals surface area contributed by atoms with Crippen molar-refractivity contribution in [2.75, 3.05) is 0 Å². The van der Waals surface area contributed by atoms with Crippen molar-refractivity contribution >= 4 is 43.8 Å². The van der Waals surface area contributed by atoms with Gasteiger partial charge in [-0.2, -0.15) is 0 Å². The molecule has 0 aliphatic carbocycles. The van der Waals surface area contributed by atoms with Gasteiger partial charge in [0.2, 0.25) is 0 Å². The van der Waals surface area contributed by atoms with E-state index in [1.165, 1.54) is 0 Å². The second-order valence-electron chi connectivity index (χ2n) is 4.95. The Morgan fingerprint density at radius 1 is 0.545 bits per heavy atom. The number of nitrogens with zero attached hydrogens (tertiary/aromatic N) is 3. The molecule has 0 fully saturated rings.